The van der Waals surface area contributed by atoms with Crippen molar-refractivity contribution in [3.8, 4) is 11.4 Å². The number of alkyl halides is 6. The summed E-state index contributed by atoms with van der Waals surface area (Å²) in [5.41, 5.74) is -2.99. The Kier molecular flexibility index (Phi) is 4.10. The van der Waals surface area contributed by atoms with Crippen LogP contribution in [0.2, 0.25) is 5.15 Å². The zero-order chi connectivity index (χ0) is 18.4. The van der Waals surface area contributed by atoms with Gasteiger partial charge >= 0.3 is 12.4 Å². The third-order valence-electron chi connectivity index (χ3n) is 3.40. The van der Waals surface area contributed by atoms with E-state index in [0.717, 1.165) is 0 Å². The molecule has 0 aliphatic carbocycles. The molecule has 0 aliphatic heterocycles. The Morgan fingerprint density at radius 3 is 1.88 bits per heavy atom. The molecular formula is C16H7ClF6N2. The van der Waals surface area contributed by atoms with Crippen molar-refractivity contribution in [2.75, 3.05) is 0 Å². The van der Waals surface area contributed by atoms with Gasteiger partial charge in [-0.2, -0.15) is 26.3 Å². The first-order valence-corrected chi connectivity index (χ1v) is 7.15. The van der Waals surface area contributed by atoms with E-state index < -0.39 is 29.0 Å². The van der Waals surface area contributed by atoms with Crippen LogP contribution in [-0.2, 0) is 12.4 Å². The summed E-state index contributed by atoms with van der Waals surface area (Å²) in [7, 11) is 0. The molecule has 0 unspecified atom stereocenters. The van der Waals surface area contributed by atoms with Crippen LogP contribution in [0, 0.1) is 0 Å². The van der Waals surface area contributed by atoms with Crippen LogP contribution in [0.4, 0.5) is 26.3 Å². The van der Waals surface area contributed by atoms with E-state index in [0.29, 0.717) is 23.0 Å². The highest BCUT2D eigenvalue weighted by Crippen LogP contribution is 2.38. The molecule has 130 valence electrons. The van der Waals surface area contributed by atoms with E-state index in [1.165, 1.54) is 6.07 Å². The van der Waals surface area contributed by atoms with E-state index >= 15 is 0 Å². The van der Waals surface area contributed by atoms with E-state index in [-0.39, 0.29) is 17.0 Å². The van der Waals surface area contributed by atoms with Crippen LogP contribution >= 0.6 is 11.6 Å². The molecule has 1 heterocycles. The van der Waals surface area contributed by atoms with Gasteiger partial charge in [0.1, 0.15) is 5.15 Å². The fourth-order valence-electron chi connectivity index (χ4n) is 2.25. The standard InChI is InChI=1S/C16H7ClF6N2/c17-13-11-3-1-2-4-12(11)24-14(25-13)8-5-9(15(18,19)20)7-10(6-8)16(21,22)23/h1-7H. The zero-order valence-corrected chi connectivity index (χ0v) is 12.8. The van der Waals surface area contributed by atoms with Crippen molar-refractivity contribution in [3.05, 3.63) is 58.7 Å². The number of hydrogen-bond acceptors (Lipinski definition) is 2. The molecule has 3 rings (SSSR count). The maximum Gasteiger partial charge on any atom is 0.416 e. The third-order valence-corrected chi connectivity index (χ3v) is 3.69. The van der Waals surface area contributed by atoms with Crippen LogP contribution < -0.4 is 0 Å². The quantitative estimate of drug-likeness (QED) is 0.385. The molecule has 0 bridgehead atoms. The summed E-state index contributed by atoms with van der Waals surface area (Å²) in [4.78, 5) is 7.86. The van der Waals surface area contributed by atoms with Gasteiger partial charge in [-0.05, 0) is 30.3 Å². The summed E-state index contributed by atoms with van der Waals surface area (Å²) in [6, 6.07) is 7.57. The predicted molar refractivity (Wildman–Crippen MR) is 80.0 cm³/mol. The van der Waals surface area contributed by atoms with Crippen molar-refractivity contribution in [2.45, 2.75) is 12.4 Å². The van der Waals surface area contributed by atoms with E-state index in [1.54, 1.807) is 18.2 Å². The lowest BCUT2D eigenvalue weighted by atomic mass is 10.0. The highest BCUT2D eigenvalue weighted by Gasteiger charge is 2.37. The molecule has 0 aliphatic rings. The summed E-state index contributed by atoms with van der Waals surface area (Å²) in [6.07, 6.45) is -9.90. The second kappa shape index (κ2) is 5.87. The van der Waals surface area contributed by atoms with Crippen LogP contribution in [0.1, 0.15) is 11.1 Å². The first-order chi connectivity index (χ1) is 11.6. The molecular weight excluding hydrogens is 370 g/mol. The van der Waals surface area contributed by atoms with Gasteiger partial charge in [-0.1, -0.05) is 23.7 Å². The third kappa shape index (κ3) is 3.53. The first-order valence-electron chi connectivity index (χ1n) is 6.78. The summed E-state index contributed by atoms with van der Waals surface area (Å²) < 4.78 is 77.7. The fraction of sp³-hybridized carbons (Fsp3) is 0.125. The Labute approximate surface area is 142 Å². The molecule has 0 radical (unpaired) electrons. The molecule has 2 aromatic carbocycles. The molecule has 0 spiro atoms. The summed E-state index contributed by atoms with van der Waals surface area (Å²) >= 11 is 5.98. The van der Waals surface area contributed by atoms with E-state index in [9.17, 15) is 26.3 Å². The molecule has 9 heteroatoms. The molecule has 25 heavy (non-hydrogen) atoms. The molecule has 0 saturated carbocycles. The molecule has 3 aromatic rings. The van der Waals surface area contributed by atoms with Crippen molar-refractivity contribution in [1.82, 2.24) is 9.97 Å². The van der Waals surface area contributed by atoms with Gasteiger partial charge in [0.15, 0.2) is 5.82 Å². The normalized spacial score (nSPS) is 12.6. The van der Waals surface area contributed by atoms with Crippen LogP contribution in [0.5, 0.6) is 0 Å². The zero-order valence-electron chi connectivity index (χ0n) is 12.1. The predicted octanol–water partition coefficient (Wildman–Crippen LogP) is 5.99. The van der Waals surface area contributed by atoms with Gasteiger partial charge < -0.3 is 0 Å². The number of aromatic nitrogens is 2. The maximum atomic E-state index is 12.9. The van der Waals surface area contributed by atoms with Crippen LogP contribution in [0.15, 0.2) is 42.5 Å². The van der Waals surface area contributed by atoms with E-state index in [4.69, 9.17) is 11.6 Å². The number of para-hydroxylation sites is 1. The number of fused-ring (bicyclic) bond motifs is 1. The molecule has 0 saturated heterocycles. The van der Waals surface area contributed by atoms with E-state index in [2.05, 4.69) is 9.97 Å². The lowest BCUT2D eigenvalue weighted by Crippen LogP contribution is -2.11. The summed E-state index contributed by atoms with van der Waals surface area (Å²) in [6.45, 7) is 0. The summed E-state index contributed by atoms with van der Waals surface area (Å²) in [5, 5.41) is 0.377. The molecule has 0 atom stereocenters. The minimum atomic E-state index is -4.95. The Bertz CT molecular complexity index is 917. The van der Waals surface area contributed by atoms with Gasteiger partial charge in [0, 0.05) is 10.9 Å². The van der Waals surface area contributed by atoms with Crippen molar-refractivity contribution < 1.29 is 26.3 Å². The number of halogens is 7. The first kappa shape index (κ1) is 17.5. The van der Waals surface area contributed by atoms with Crippen molar-refractivity contribution in [2.24, 2.45) is 0 Å². The van der Waals surface area contributed by atoms with Crippen LogP contribution in [-0.4, -0.2) is 9.97 Å². The minimum absolute atomic E-state index is 0.0478. The largest absolute Gasteiger partial charge is 0.416 e. The highest BCUT2D eigenvalue weighted by molar-refractivity contribution is 6.34. The van der Waals surface area contributed by atoms with E-state index in [1.807, 2.05) is 0 Å². The minimum Gasteiger partial charge on any atom is -0.228 e. The van der Waals surface area contributed by atoms with Crippen LogP contribution in [0.3, 0.4) is 0 Å². The average molecular weight is 377 g/mol. The van der Waals surface area contributed by atoms with Crippen molar-refractivity contribution in [3.63, 3.8) is 0 Å². The molecule has 0 amide bonds. The Hall–Kier alpha value is -2.35. The SMILES string of the molecule is FC(F)(F)c1cc(-c2nc(Cl)c3ccccc3n2)cc(C(F)(F)F)c1. The second-order valence-electron chi connectivity index (χ2n) is 5.15. The van der Waals surface area contributed by atoms with Gasteiger partial charge in [-0.15, -0.1) is 0 Å². The van der Waals surface area contributed by atoms with Gasteiger partial charge in [0.05, 0.1) is 16.6 Å². The van der Waals surface area contributed by atoms with Gasteiger partial charge in [0.2, 0.25) is 0 Å². The maximum absolute atomic E-state index is 12.9. The molecule has 1 aromatic heterocycles. The van der Waals surface area contributed by atoms with Crippen molar-refractivity contribution >= 4 is 22.5 Å². The second-order valence-corrected chi connectivity index (χ2v) is 5.51. The smallest absolute Gasteiger partial charge is 0.228 e. The van der Waals surface area contributed by atoms with Crippen molar-refractivity contribution in [1.29, 1.82) is 0 Å². The lowest BCUT2D eigenvalue weighted by Gasteiger charge is -2.14. The molecule has 0 fully saturated rings. The Balaban J connectivity index is 2.26. The van der Waals surface area contributed by atoms with Gasteiger partial charge in [0.25, 0.3) is 0 Å². The number of hydrogen-bond donors (Lipinski definition) is 0. The monoisotopic (exact) mass is 376 g/mol. The summed E-state index contributed by atoms with van der Waals surface area (Å²) in [5.74, 6) is -0.319. The fourth-order valence-corrected chi connectivity index (χ4v) is 2.49. The Morgan fingerprint density at radius 2 is 1.32 bits per heavy atom. The number of nitrogens with zero attached hydrogens (tertiary/aromatic N) is 2. The number of benzene rings is 2. The van der Waals surface area contributed by atoms with Gasteiger partial charge in [-0.3, -0.25) is 0 Å². The highest BCUT2D eigenvalue weighted by atomic mass is 35.5. The van der Waals surface area contributed by atoms with Gasteiger partial charge in [-0.25, -0.2) is 9.97 Å². The molecule has 2 nitrogen and oxygen atoms in total. The number of rotatable bonds is 1. The topological polar surface area (TPSA) is 25.8 Å². The average Bonchev–Trinajstić information content (AvgIpc) is 2.53. The lowest BCUT2D eigenvalue weighted by molar-refractivity contribution is -0.143. The Morgan fingerprint density at radius 1 is 0.760 bits per heavy atom. The molecule has 0 N–H and O–H groups in total. The van der Waals surface area contributed by atoms with Crippen LogP contribution in [0.25, 0.3) is 22.3 Å².